The number of hydrogen-bond donors (Lipinski definition) is 1. The first-order valence-electron chi connectivity index (χ1n) is 10.4. The van der Waals surface area contributed by atoms with E-state index in [4.69, 9.17) is 0 Å². The molecule has 0 amide bonds. The first-order valence-corrected chi connectivity index (χ1v) is 11.2. The van der Waals surface area contributed by atoms with Crippen LogP contribution in [0.5, 0.6) is 0 Å². The van der Waals surface area contributed by atoms with Gasteiger partial charge in [-0.2, -0.15) is 5.10 Å². The van der Waals surface area contributed by atoms with Crippen molar-refractivity contribution < 1.29 is 0 Å². The molecule has 7 heteroatoms. The quantitative estimate of drug-likeness (QED) is 0.371. The van der Waals surface area contributed by atoms with E-state index in [0.29, 0.717) is 5.56 Å². The Balaban J connectivity index is 1.73. The molecule has 0 bridgehead atoms. The van der Waals surface area contributed by atoms with Gasteiger partial charge in [0.1, 0.15) is 5.69 Å². The lowest BCUT2D eigenvalue weighted by Crippen LogP contribution is -2.18. The van der Waals surface area contributed by atoms with Crippen LogP contribution in [0.25, 0.3) is 11.4 Å². The molecular formula is C25H26BrN5O. The summed E-state index contributed by atoms with van der Waals surface area (Å²) in [5.74, 6) is 0. The molecule has 0 radical (unpaired) electrons. The number of nitrogens with one attached hydrogen (secondary N) is 1. The van der Waals surface area contributed by atoms with Gasteiger partial charge < -0.3 is 0 Å². The molecule has 6 nitrogen and oxygen atoms in total. The average molecular weight is 492 g/mol. The predicted molar refractivity (Wildman–Crippen MR) is 133 cm³/mol. The third-order valence-corrected chi connectivity index (χ3v) is 6.32. The van der Waals surface area contributed by atoms with Crippen LogP contribution in [0.4, 0.5) is 5.69 Å². The monoisotopic (exact) mass is 491 g/mol. The van der Waals surface area contributed by atoms with E-state index in [1.54, 1.807) is 10.9 Å². The Hall–Kier alpha value is -3.19. The molecule has 0 saturated heterocycles. The molecule has 0 atom stereocenters. The van der Waals surface area contributed by atoms with Gasteiger partial charge in [-0.05, 0) is 88.6 Å². The number of rotatable bonds is 4. The number of aryl methyl sites for hydroxylation is 5. The van der Waals surface area contributed by atoms with Crippen molar-refractivity contribution in [2.75, 3.05) is 0 Å². The zero-order valence-electron chi connectivity index (χ0n) is 19.1. The van der Waals surface area contributed by atoms with Gasteiger partial charge in [0.2, 0.25) is 0 Å². The molecule has 1 N–H and O–H groups in total. The first kappa shape index (κ1) is 22.0. The molecule has 0 aliphatic heterocycles. The Morgan fingerprint density at radius 1 is 0.969 bits per heavy atom. The summed E-state index contributed by atoms with van der Waals surface area (Å²) >= 11 is 3.47. The summed E-state index contributed by atoms with van der Waals surface area (Å²) in [6.45, 7) is 12.0. The lowest BCUT2D eigenvalue weighted by atomic mass is 10.1. The first-order chi connectivity index (χ1) is 15.2. The van der Waals surface area contributed by atoms with Gasteiger partial charge >= 0.3 is 0 Å². The third-order valence-electron chi connectivity index (χ3n) is 5.83. The van der Waals surface area contributed by atoms with E-state index in [1.807, 2.05) is 50.6 Å². The number of aromatic amines is 1. The second kappa shape index (κ2) is 8.39. The van der Waals surface area contributed by atoms with Gasteiger partial charge in [-0.1, -0.05) is 22.0 Å². The summed E-state index contributed by atoms with van der Waals surface area (Å²) < 4.78 is 4.45. The number of H-pyrrole nitrogens is 1. The summed E-state index contributed by atoms with van der Waals surface area (Å²) in [5, 5.41) is 7.86. The Morgan fingerprint density at radius 3 is 2.41 bits per heavy atom. The van der Waals surface area contributed by atoms with Crippen LogP contribution in [0.15, 0.2) is 50.7 Å². The summed E-state index contributed by atoms with van der Waals surface area (Å²) in [6, 6.07) is 12.1. The number of benzene rings is 2. The summed E-state index contributed by atoms with van der Waals surface area (Å²) in [4.78, 5) is 17.8. The van der Waals surface area contributed by atoms with E-state index < -0.39 is 0 Å². The van der Waals surface area contributed by atoms with Crippen LogP contribution in [0.2, 0.25) is 0 Å². The van der Waals surface area contributed by atoms with E-state index in [2.05, 4.69) is 63.2 Å². The van der Waals surface area contributed by atoms with Crippen LogP contribution in [-0.2, 0) is 0 Å². The normalized spacial score (nSPS) is 11.6. The number of aromatic nitrogens is 4. The highest BCUT2D eigenvalue weighted by Crippen LogP contribution is 2.26. The molecule has 0 spiro atoms. The Kier molecular flexibility index (Phi) is 5.77. The van der Waals surface area contributed by atoms with Crippen molar-refractivity contribution in [3.8, 4) is 11.4 Å². The fourth-order valence-electron chi connectivity index (χ4n) is 3.81. The second-order valence-electron chi connectivity index (χ2n) is 8.18. The summed E-state index contributed by atoms with van der Waals surface area (Å²) in [7, 11) is 0. The lowest BCUT2D eigenvalue weighted by molar-refractivity contribution is 0.828. The fraction of sp³-hybridized carbons (Fsp3) is 0.240. The number of nitrogens with zero attached hydrogens (tertiary/aromatic N) is 4. The molecule has 4 aromatic rings. The van der Waals surface area contributed by atoms with E-state index in [1.165, 1.54) is 11.1 Å². The molecule has 0 saturated carbocycles. The molecule has 0 fully saturated rings. The minimum absolute atomic E-state index is 0.131. The van der Waals surface area contributed by atoms with Gasteiger partial charge in [0.05, 0.1) is 28.3 Å². The molecule has 2 aromatic heterocycles. The zero-order chi connectivity index (χ0) is 23.2. The van der Waals surface area contributed by atoms with Crippen LogP contribution in [0.3, 0.4) is 0 Å². The molecule has 164 valence electrons. The topological polar surface area (TPSA) is 68.0 Å². The van der Waals surface area contributed by atoms with Crippen molar-refractivity contribution in [1.29, 1.82) is 0 Å². The molecular weight excluding hydrogens is 466 g/mol. The lowest BCUT2D eigenvalue weighted by Gasteiger charge is -2.07. The minimum atomic E-state index is -0.131. The maximum absolute atomic E-state index is 13.1. The van der Waals surface area contributed by atoms with E-state index in [0.717, 1.165) is 44.2 Å². The van der Waals surface area contributed by atoms with E-state index in [9.17, 15) is 4.79 Å². The van der Waals surface area contributed by atoms with E-state index in [-0.39, 0.29) is 5.56 Å². The Bertz CT molecular complexity index is 1420. The third kappa shape index (κ3) is 3.88. The molecule has 32 heavy (non-hydrogen) atoms. The van der Waals surface area contributed by atoms with Gasteiger partial charge in [-0.25, -0.2) is 9.36 Å². The number of hydrogen-bond acceptors (Lipinski definition) is 3. The second-order valence-corrected chi connectivity index (χ2v) is 9.10. The predicted octanol–water partition coefficient (Wildman–Crippen LogP) is 5.71. The van der Waals surface area contributed by atoms with Crippen molar-refractivity contribution in [1.82, 2.24) is 19.6 Å². The maximum Gasteiger partial charge on any atom is 0.280 e. The fourth-order valence-corrected chi connectivity index (χ4v) is 4.29. The zero-order valence-corrected chi connectivity index (χ0v) is 20.7. The van der Waals surface area contributed by atoms with Crippen molar-refractivity contribution >= 4 is 27.8 Å². The van der Waals surface area contributed by atoms with Crippen molar-refractivity contribution in [3.05, 3.63) is 90.6 Å². The molecule has 0 aliphatic rings. The average Bonchev–Trinajstić information content (AvgIpc) is 3.17. The minimum Gasteiger partial charge on any atom is -0.295 e. The number of aliphatic imine (C=N–C) groups is 1. The van der Waals surface area contributed by atoms with Crippen LogP contribution in [0, 0.1) is 41.5 Å². The van der Waals surface area contributed by atoms with Crippen molar-refractivity contribution in [3.63, 3.8) is 0 Å². The standard InChI is InChI=1S/C25H26BrN5O/c1-14-7-9-21(12-15(14)2)30-19(6)24(18(5)29-30)27-13-22-17(4)28-31(25(22)32)23-10-8-20(26)11-16(23)3/h7-13,28H,1-6H3. The largest absolute Gasteiger partial charge is 0.295 e. The highest BCUT2D eigenvalue weighted by molar-refractivity contribution is 9.10. The van der Waals surface area contributed by atoms with Crippen LogP contribution >= 0.6 is 15.9 Å². The van der Waals surface area contributed by atoms with Gasteiger partial charge in [0.15, 0.2) is 0 Å². The van der Waals surface area contributed by atoms with Gasteiger partial charge in [-0.15, -0.1) is 0 Å². The van der Waals surface area contributed by atoms with Crippen LogP contribution in [0.1, 0.15) is 39.3 Å². The number of halogens is 1. The Labute approximate surface area is 195 Å². The Morgan fingerprint density at radius 2 is 1.72 bits per heavy atom. The summed E-state index contributed by atoms with van der Waals surface area (Å²) in [5.41, 5.74) is 8.95. The van der Waals surface area contributed by atoms with Gasteiger partial charge in [0.25, 0.3) is 5.56 Å². The highest BCUT2D eigenvalue weighted by atomic mass is 79.9. The molecule has 4 rings (SSSR count). The van der Waals surface area contributed by atoms with Gasteiger partial charge in [-0.3, -0.25) is 14.9 Å². The molecule has 2 heterocycles. The molecule has 2 aromatic carbocycles. The van der Waals surface area contributed by atoms with Crippen molar-refractivity contribution in [2.24, 2.45) is 4.99 Å². The molecule has 0 unspecified atom stereocenters. The summed E-state index contributed by atoms with van der Waals surface area (Å²) in [6.07, 6.45) is 1.64. The van der Waals surface area contributed by atoms with E-state index >= 15 is 0 Å². The SMILES string of the molecule is Cc1ccc(-n2nc(C)c(N=Cc3c(C)[nH]n(-c4ccc(Br)cc4C)c3=O)c2C)cc1C. The van der Waals surface area contributed by atoms with Crippen LogP contribution < -0.4 is 5.56 Å². The van der Waals surface area contributed by atoms with Crippen molar-refractivity contribution in [2.45, 2.75) is 41.5 Å². The van der Waals surface area contributed by atoms with Gasteiger partial charge in [0, 0.05) is 16.4 Å². The van der Waals surface area contributed by atoms with Crippen LogP contribution in [-0.4, -0.2) is 25.8 Å². The molecule has 0 aliphatic carbocycles. The smallest absolute Gasteiger partial charge is 0.280 e. The highest BCUT2D eigenvalue weighted by Gasteiger charge is 2.15. The maximum atomic E-state index is 13.1.